The molecule has 1 heterocycles. The minimum absolute atomic E-state index is 0.0256. The zero-order valence-corrected chi connectivity index (χ0v) is 19.8. The lowest BCUT2D eigenvalue weighted by molar-refractivity contribution is 0.0678. The number of pyridine rings is 1. The van der Waals surface area contributed by atoms with Gasteiger partial charge in [0, 0.05) is 32.0 Å². The first-order chi connectivity index (χ1) is 15.8. The van der Waals surface area contributed by atoms with Crippen LogP contribution in [0.25, 0.3) is 0 Å². The average Bonchev–Trinajstić information content (AvgIpc) is 2.83. The summed E-state index contributed by atoms with van der Waals surface area (Å²) in [7, 11) is 1.55. The molecule has 1 aliphatic rings. The summed E-state index contributed by atoms with van der Waals surface area (Å²) in [5.74, 6) is -0.529. The molecular formula is C26H35N3O4. The van der Waals surface area contributed by atoms with Crippen molar-refractivity contribution < 1.29 is 14.7 Å². The van der Waals surface area contributed by atoms with Crippen LogP contribution in [0.15, 0.2) is 47.5 Å². The van der Waals surface area contributed by atoms with Crippen LogP contribution < -0.4 is 10.7 Å². The molecule has 0 bridgehead atoms. The average molecular weight is 454 g/mol. The van der Waals surface area contributed by atoms with E-state index in [1.807, 2.05) is 32.0 Å². The van der Waals surface area contributed by atoms with Crippen molar-refractivity contribution in [3.05, 3.63) is 69.6 Å². The van der Waals surface area contributed by atoms with E-state index in [9.17, 15) is 19.5 Å². The first-order valence-electron chi connectivity index (χ1n) is 11.8. The lowest BCUT2D eigenvalue weighted by atomic mass is 9.89. The Kier molecular flexibility index (Phi) is 8.44. The molecular weight excluding hydrogens is 418 g/mol. The monoisotopic (exact) mass is 453 g/mol. The first kappa shape index (κ1) is 24.7. The molecule has 7 nitrogen and oxygen atoms in total. The van der Waals surface area contributed by atoms with E-state index in [4.69, 9.17) is 0 Å². The highest BCUT2D eigenvalue weighted by atomic mass is 16.3. The van der Waals surface area contributed by atoms with Crippen molar-refractivity contribution in [2.75, 3.05) is 20.1 Å². The van der Waals surface area contributed by atoms with Gasteiger partial charge in [-0.15, -0.1) is 0 Å². The van der Waals surface area contributed by atoms with Gasteiger partial charge in [0.1, 0.15) is 11.1 Å². The van der Waals surface area contributed by atoms with Gasteiger partial charge >= 0.3 is 0 Å². The van der Waals surface area contributed by atoms with Crippen molar-refractivity contribution in [1.82, 2.24) is 14.8 Å². The van der Waals surface area contributed by atoms with Gasteiger partial charge in [-0.1, -0.05) is 49.6 Å². The number of carbonyl (C=O) groups is 2. The van der Waals surface area contributed by atoms with E-state index in [1.165, 1.54) is 36.6 Å². The highest BCUT2D eigenvalue weighted by molar-refractivity contribution is 5.99. The standard InChI is InChI=1S/C26H35N3O4/c1-18(2)29-15-21(25(32)27-14-19-10-6-4-7-11-19)24(31)22(16-29)26(33)28(3)17-23(30)20-12-8-5-9-13-20/h5,8-9,12-13,15-16,18-19,23,30H,4,6-7,10-11,14,17H2,1-3H3,(H,27,32). The number of likely N-dealkylation sites (N-methyl/N-ethyl adjacent to an activating group) is 1. The zero-order chi connectivity index (χ0) is 24.0. The van der Waals surface area contributed by atoms with E-state index in [2.05, 4.69) is 5.32 Å². The summed E-state index contributed by atoms with van der Waals surface area (Å²) in [5, 5.41) is 13.4. The van der Waals surface area contributed by atoms with Crippen LogP contribution >= 0.6 is 0 Å². The smallest absolute Gasteiger partial charge is 0.259 e. The van der Waals surface area contributed by atoms with Gasteiger partial charge in [-0.2, -0.15) is 0 Å². The summed E-state index contributed by atoms with van der Waals surface area (Å²) in [4.78, 5) is 40.5. The number of aliphatic hydroxyl groups excluding tert-OH is 1. The molecule has 2 amide bonds. The minimum Gasteiger partial charge on any atom is -0.387 e. The molecule has 1 aliphatic carbocycles. The number of benzene rings is 1. The molecule has 7 heteroatoms. The third-order valence-electron chi connectivity index (χ3n) is 6.37. The van der Waals surface area contributed by atoms with Crippen LogP contribution in [-0.4, -0.2) is 46.5 Å². The van der Waals surface area contributed by atoms with Crippen molar-refractivity contribution in [2.45, 2.75) is 58.1 Å². The maximum absolute atomic E-state index is 13.2. The highest BCUT2D eigenvalue weighted by Gasteiger charge is 2.24. The van der Waals surface area contributed by atoms with Crippen molar-refractivity contribution >= 4 is 11.8 Å². The van der Waals surface area contributed by atoms with Crippen molar-refractivity contribution in [2.24, 2.45) is 5.92 Å². The number of aliphatic hydroxyl groups is 1. The third kappa shape index (κ3) is 6.32. The molecule has 33 heavy (non-hydrogen) atoms. The van der Waals surface area contributed by atoms with Crippen LogP contribution in [0.5, 0.6) is 0 Å². The second kappa shape index (κ2) is 11.3. The van der Waals surface area contributed by atoms with Gasteiger partial charge in [0.05, 0.1) is 12.6 Å². The lowest BCUT2D eigenvalue weighted by Gasteiger charge is -2.23. The molecule has 1 saturated carbocycles. The summed E-state index contributed by atoms with van der Waals surface area (Å²) in [6, 6.07) is 9.01. The number of nitrogens with one attached hydrogen (secondary N) is 1. The predicted molar refractivity (Wildman–Crippen MR) is 128 cm³/mol. The van der Waals surface area contributed by atoms with Crippen molar-refractivity contribution in [3.8, 4) is 0 Å². The molecule has 1 fully saturated rings. The fourth-order valence-electron chi connectivity index (χ4n) is 4.26. The van der Waals surface area contributed by atoms with E-state index in [0.29, 0.717) is 18.0 Å². The molecule has 1 aromatic heterocycles. The molecule has 3 rings (SSSR count). The number of nitrogens with zero attached hydrogens (tertiary/aromatic N) is 2. The zero-order valence-electron chi connectivity index (χ0n) is 19.8. The van der Waals surface area contributed by atoms with Gasteiger partial charge in [0.15, 0.2) is 0 Å². The Morgan fingerprint density at radius 1 is 1.09 bits per heavy atom. The van der Waals surface area contributed by atoms with Crippen LogP contribution in [0, 0.1) is 5.92 Å². The molecule has 0 radical (unpaired) electrons. The SMILES string of the molecule is CC(C)n1cc(C(=O)NCC2CCCCC2)c(=O)c(C(=O)N(C)CC(O)c2ccccc2)c1. The van der Waals surface area contributed by atoms with Crippen molar-refractivity contribution in [3.63, 3.8) is 0 Å². The maximum atomic E-state index is 13.2. The van der Waals surface area contributed by atoms with Gasteiger partial charge in [-0.25, -0.2) is 0 Å². The molecule has 0 saturated heterocycles. The lowest BCUT2D eigenvalue weighted by Crippen LogP contribution is -2.38. The number of hydrogen-bond acceptors (Lipinski definition) is 4. The Balaban J connectivity index is 1.80. The Morgan fingerprint density at radius 2 is 1.73 bits per heavy atom. The van der Waals surface area contributed by atoms with Crippen LogP contribution in [-0.2, 0) is 0 Å². The predicted octanol–water partition coefficient (Wildman–Crippen LogP) is 3.54. The Morgan fingerprint density at radius 3 is 2.36 bits per heavy atom. The molecule has 0 spiro atoms. The number of hydrogen-bond donors (Lipinski definition) is 2. The van der Waals surface area contributed by atoms with E-state index in [1.54, 1.807) is 23.7 Å². The summed E-state index contributed by atoms with van der Waals surface area (Å²) in [6.07, 6.45) is 7.90. The summed E-state index contributed by atoms with van der Waals surface area (Å²) in [6.45, 7) is 4.42. The maximum Gasteiger partial charge on any atom is 0.259 e. The summed E-state index contributed by atoms with van der Waals surface area (Å²) in [5.41, 5.74) is 0.00539. The Labute approximate surface area is 195 Å². The number of carbonyl (C=O) groups excluding carboxylic acids is 2. The molecule has 2 aromatic rings. The van der Waals surface area contributed by atoms with E-state index in [-0.39, 0.29) is 23.7 Å². The summed E-state index contributed by atoms with van der Waals surface area (Å²) < 4.78 is 1.71. The Hall–Kier alpha value is -2.93. The normalized spacial score (nSPS) is 15.3. The molecule has 2 N–H and O–H groups in total. The molecule has 1 atom stereocenters. The van der Waals surface area contributed by atoms with Gasteiger partial charge in [-0.3, -0.25) is 14.4 Å². The number of amides is 2. The van der Waals surface area contributed by atoms with E-state index < -0.39 is 23.3 Å². The molecule has 1 unspecified atom stereocenters. The van der Waals surface area contributed by atoms with Crippen LogP contribution in [0.1, 0.15) is 84.4 Å². The topological polar surface area (TPSA) is 91.6 Å². The van der Waals surface area contributed by atoms with Gasteiger partial charge in [0.2, 0.25) is 5.43 Å². The van der Waals surface area contributed by atoms with Crippen molar-refractivity contribution in [1.29, 1.82) is 0 Å². The second-order valence-corrected chi connectivity index (χ2v) is 9.28. The minimum atomic E-state index is -0.880. The van der Waals surface area contributed by atoms with E-state index >= 15 is 0 Å². The summed E-state index contributed by atoms with van der Waals surface area (Å²) >= 11 is 0. The van der Waals surface area contributed by atoms with Crippen LogP contribution in [0.2, 0.25) is 0 Å². The van der Waals surface area contributed by atoms with Gasteiger partial charge in [0.25, 0.3) is 11.8 Å². The fourth-order valence-corrected chi connectivity index (χ4v) is 4.26. The second-order valence-electron chi connectivity index (χ2n) is 9.28. The quantitative estimate of drug-likeness (QED) is 0.640. The molecule has 178 valence electrons. The van der Waals surface area contributed by atoms with Crippen LogP contribution in [0.4, 0.5) is 0 Å². The van der Waals surface area contributed by atoms with Gasteiger partial charge in [-0.05, 0) is 38.2 Å². The highest BCUT2D eigenvalue weighted by Crippen LogP contribution is 2.23. The fraction of sp³-hybridized carbons (Fsp3) is 0.500. The van der Waals surface area contributed by atoms with Gasteiger partial charge < -0.3 is 19.9 Å². The molecule has 1 aromatic carbocycles. The molecule has 0 aliphatic heterocycles. The van der Waals surface area contributed by atoms with Crippen LogP contribution in [0.3, 0.4) is 0 Å². The number of rotatable bonds is 8. The Bertz CT molecular complexity index is 1010. The first-order valence-corrected chi connectivity index (χ1v) is 11.8. The largest absolute Gasteiger partial charge is 0.387 e. The third-order valence-corrected chi connectivity index (χ3v) is 6.37. The van der Waals surface area contributed by atoms with E-state index in [0.717, 1.165) is 12.8 Å². The number of aromatic nitrogens is 1.